The van der Waals surface area contributed by atoms with Gasteiger partial charge in [0.1, 0.15) is 36.6 Å². The van der Waals surface area contributed by atoms with Crippen LogP contribution in [0.15, 0.2) is 71.9 Å². The van der Waals surface area contributed by atoms with E-state index in [1.54, 1.807) is 12.2 Å². The minimum absolute atomic E-state index is 0. The maximum absolute atomic E-state index is 13.0. The van der Waals surface area contributed by atoms with Gasteiger partial charge in [-0.1, -0.05) is 178 Å². The average Bonchev–Trinajstić information content (AvgIpc) is 1.25. The largest absolute Gasteiger partial charge is 0.460 e. The Bertz CT molecular complexity index is 3110. The van der Waals surface area contributed by atoms with Gasteiger partial charge in [-0.05, 0) is 228 Å². The molecule has 0 saturated carbocycles. The molecule has 43 atom stereocenters. The van der Waals surface area contributed by atoms with Crippen molar-refractivity contribution >= 4 is 383 Å². The highest BCUT2D eigenvalue weighted by Gasteiger charge is 2.56. The molecule has 2 fully saturated rings. The number of carbonyl (C=O) groups excluding carboxylic acids is 4. The van der Waals surface area contributed by atoms with Gasteiger partial charge in [0.2, 0.25) is 9.67 Å². The lowest BCUT2D eigenvalue weighted by atomic mass is 9.89. The van der Waals surface area contributed by atoms with Crippen molar-refractivity contribution in [3.63, 3.8) is 0 Å². The smallest absolute Gasteiger partial charge is 0.339 e. The van der Waals surface area contributed by atoms with Gasteiger partial charge in [0.15, 0.2) is 0 Å². The summed E-state index contributed by atoms with van der Waals surface area (Å²) in [6, 6.07) is 0. The van der Waals surface area contributed by atoms with Crippen LogP contribution in [0.1, 0.15) is 155 Å². The number of ether oxygens (including phenoxy) is 6. The summed E-state index contributed by atoms with van der Waals surface area (Å²) in [5.74, 6) is -2.70. The predicted octanol–water partition coefficient (Wildman–Crippen LogP) is 32.9. The average molecular weight is 2480 g/mol. The van der Waals surface area contributed by atoms with Gasteiger partial charge >= 0.3 is 23.9 Å². The zero-order chi connectivity index (χ0) is 91.5. The highest BCUT2D eigenvalue weighted by atomic mass is 35.5. The van der Waals surface area contributed by atoms with Crippen molar-refractivity contribution in [3.05, 3.63) is 71.9 Å². The van der Waals surface area contributed by atoms with E-state index in [0.29, 0.717) is 6.42 Å². The maximum atomic E-state index is 13.0. The molecule has 0 bridgehead atoms. The van der Waals surface area contributed by atoms with E-state index >= 15 is 0 Å². The number of alkyl halides is 4. The fraction of sp³-hybridized carbons (Fsp3) is 0.738. The van der Waals surface area contributed by atoms with Crippen LogP contribution in [-0.2, 0) is 47.6 Å². The van der Waals surface area contributed by atoms with E-state index in [0.717, 1.165) is 38.4 Å². The van der Waals surface area contributed by atoms with Crippen molar-refractivity contribution < 1.29 is 78.2 Å². The molecule has 0 radical (unpaired) electrons. The Hall–Kier alpha value is 13.9. The normalized spacial score (nSPS) is 28.7. The molecule has 0 aromatic carbocycles. The van der Waals surface area contributed by atoms with Crippen LogP contribution in [0.4, 0.5) is 0 Å². The Morgan fingerprint density at radius 1 is 0.542 bits per heavy atom. The second-order valence-electron chi connectivity index (χ2n) is 29.1. The minimum atomic E-state index is -1.54. The van der Waals surface area contributed by atoms with Crippen molar-refractivity contribution in [2.75, 3.05) is 0 Å². The molecule has 0 aromatic heterocycles. The number of hydrogen-bond acceptors (Lipinski definition) is 16. The van der Waals surface area contributed by atoms with Crippen LogP contribution in [-0.4, -0.2) is 149 Å². The van der Waals surface area contributed by atoms with E-state index in [9.17, 15) is 49.8 Å². The predicted molar refractivity (Wildman–Crippen MR) is 643 cm³/mol. The van der Waals surface area contributed by atoms with Gasteiger partial charge in [-0.2, -0.15) is 0 Å². The topological polar surface area (TPSA) is 252 Å². The molecule has 0 spiro atoms. The third kappa shape index (κ3) is 47.6. The molecule has 6 N–H and O–H groups in total. The Balaban J connectivity index is 0.000000904. The number of rotatable bonds is 38. The first-order valence-corrected chi connectivity index (χ1v) is 109. The lowest BCUT2D eigenvalue weighted by Crippen LogP contribution is -2.40. The lowest BCUT2D eigenvalue weighted by molar-refractivity contribution is -0.158. The summed E-state index contributed by atoms with van der Waals surface area (Å²) < 4.78 is 34.0. The second kappa shape index (κ2) is 67.7. The van der Waals surface area contributed by atoms with Gasteiger partial charge in [-0.15, -0.1) is 179 Å². The van der Waals surface area contributed by atoms with Crippen molar-refractivity contribution in [2.24, 2.45) is 35.5 Å². The fourth-order valence-corrected chi connectivity index (χ4v) is 545. The van der Waals surface area contributed by atoms with Gasteiger partial charge in [0.25, 0.3) is 0 Å². The molecule has 0 aliphatic carbocycles. The number of aliphatic hydroxyl groups is 6. The molecule has 23 unspecified atom stereocenters. The summed E-state index contributed by atoms with van der Waals surface area (Å²) in [5.41, 5.74) is -1.34. The van der Waals surface area contributed by atoms with Crippen LogP contribution in [0.3, 0.4) is 0 Å². The van der Waals surface area contributed by atoms with E-state index < -0.39 is 81.4 Å². The zero-order valence-electron chi connectivity index (χ0n) is 68.8. The van der Waals surface area contributed by atoms with E-state index in [1.807, 2.05) is 85.8 Å². The number of epoxide rings is 2. The summed E-state index contributed by atoms with van der Waals surface area (Å²) in [4.78, 5) is 46.7. The van der Waals surface area contributed by atoms with Gasteiger partial charge in [-0.3, -0.25) is 9.59 Å². The first kappa shape index (κ1) is 132. The molecule has 4 aliphatic rings. The molecule has 120 heavy (non-hydrogen) atoms. The molecule has 16 nitrogen and oxygen atoms in total. The molecule has 4 heterocycles. The molecule has 0 amide bonds. The zero-order valence-corrected chi connectivity index (χ0v) is 112. The quantitative estimate of drug-likeness (QED) is 0.00639. The number of cyclic esters (lactones) is 2. The van der Waals surface area contributed by atoms with Crippen molar-refractivity contribution in [3.8, 4) is 0 Å². The van der Waals surface area contributed by atoms with Gasteiger partial charge in [-0.25, -0.2) is 9.59 Å². The number of hydrogen-bond donors (Lipinski definition) is 6. The number of esters is 4. The van der Waals surface area contributed by atoms with Gasteiger partial charge in [0, 0.05) is 23.7 Å². The van der Waals surface area contributed by atoms with Crippen LogP contribution < -0.4 is 0 Å². The molecule has 59 heteroatoms. The Morgan fingerprint density at radius 3 is 1.22 bits per heavy atom. The monoisotopic (exact) mass is 2470 g/mol. The van der Waals surface area contributed by atoms with Crippen molar-refractivity contribution in [1.29, 1.82) is 0 Å². The third-order valence-corrected chi connectivity index (χ3v) is 284. The van der Waals surface area contributed by atoms with Crippen molar-refractivity contribution in [2.45, 2.75) is 249 Å². The number of carbonyl (C=O) groups is 4. The molecule has 2 saturated heterocycles. The standard InChI is InChI=1S/C32H46Cl4O9.C28H46O7.CH4.H41P39/c1-7-22(44-31(40)29(35)36)20(5)27-23(43-27)15-17(2)9-8-10-18(3)26-19(4)11-12-24(37)32(6,41)14-13-21(16-25(38)45-26)42-30(39)28(33)34;1-7-22(30)20(5)27-23(34-27)15-17(2)9-8-10-18(3)26-19(4)11-12-24(31)28(6,33)14-13-21(29)16-25(32)35-26;;1-21-31(20)36(30(18)19)39(37(32(22(2)3)23(4)5)33(24(6)7)25(8)9)38(34(26(10)11)27(12)13)35(28(14)15)29(16)17/h8-12,17,19-24,26-29,37,41H,7,13-16H2,1-6H3;8-12,17,19-24,26-27,29-31,33H,7,13-16H2,1-6H3;1H4;21H,1-20H2/b2*9-8+,12-11+,18-10+;;/t17-,19+,20-,21-,22+,23-,24+,26-,27-,32-;17-,19+,20-,21-,22+,23-,24+,26-,27-,28-;;/m11../s1. The number of halogens is 4. The maximum Gasteiger partial charge on any atom is 0.339 e. The summed E-state index contributed by atoms with van der Waals surface area (Å²) in [6.07, 6.45) is 15.4. The molecule has 4 rings (SSSR count). The highest BCUT2D eigenvalue weighted by Crippen LogP contribution is 3.42. The van der Waals surface area contributed by atoms with Crippen LogP contribution >= 0.6 is 359 Å². The SMILES string of the molecule is C.CC[C@H](O)[C@@H](C)[C@H]1O[C@@H]1C[C@H](C)/C=C/C=C(\C)[C@H]1OC(=O)C[C@H](O)CC[C@@](C)(O)[C@@H](O)/C=C/[C@@H]1C.CC[C@H](OC(=O)C(Cl)Cl)[C@@H](C)[C@H]1O[C@@H]1C[C@H](C)/C=C/C=C(\C)[C@H]1OC(=O)C[C@H](OC(=O)C(Cl)Cl)CC[C@@](C)(O)[C@@H](O)/C=C/[C@@H]1C.PPP(P)P(P(P)P)P(P(P(P(P)P)P(P)P)P(P(P)P)P(P)P)P(P(P(P)P)P(P)P)P(P(P)P)P(P)P. The summed E-state index contributed by atoms with van der Waals surface area (Å²) in [7, 11) is 68.7. The Morgan fingerprint density at radius 2 is 0.883 bits per heavy atom. The molecular weight excluding hydrogens is 2340 g/mol. The summed E-state index contributed by atoms with van der Waals surface area (Å²) in [6.45, 7) is 21.2. The Kier molecular flexibility index (Phi) is 74.4. The van der Waals surface area contributed by atoms with Gasteiger partial charge < -0.3 is 59.1 Å². The molecule has 4 aliphatic heterocycles. The molecular formula is C61H137Cl4O16P39. The van der Waals surface area contributed by atoms with Crippen molar-refractivity contribution in [1.82, 2.24) is 0 Å². The van der Waals surface area contributed by atoms with Crippen LogP contribution in [0.25, 0.3) is 0 Å². The van der Waals surface area contributed by atoms with Crippen LogP contribution in [0.2, 0.25) is 0 Å². The minimum Gasteiger partial charge on any atom is -0.460 e. The number of aliphatic hydroxyl groups excluding tert-OH is 4. The second-order valence-corrected chi connectivity index (χ2v) is 188. The van der Waals surface area contributed by atoms with Crippen LogP contribution in [0.5, 0.6) is 0 Å². The summed E-state index contributed by atoms with van der Waals surface area (Å²) >= 11 is 22.5. The van der Waals surface area contributed by atoms with E-state index in [2.05, 4.69) is 198 Å². The molecule has 700 valence electrons. The first-order valence-electron chi connectivity index (χ1n) is 37.0. The fourth-order valence-electron chi connectivity index (χ4n) is 12.2. The lowest BCUT2D eigenvalue weighted by Gasteiger charge is -2.55. The van der Waals surface area contributed by atoms with E-state index in [-0.39, 0.29) is 244 Å². The first-order chi connectivity index (χ1) is 55.1. The van der Waals surface area contributed by atoms with Crippen LogP contribution in [0, 0.1) is 35.5 Å². The number of allylic oxidation sites excluding steroid dienone is 6. The highest BCUT2D eigenvalue weighted by molar-refractivity contribution is 9.48. The van der Waals surface area contributed by atoms with Gasteiger partial charge in [0.05, 0.1) is 60.7 Å². The molecule has 0 aromatic rings. The van der Waals surface area contributed by atoms with E-state index in [4.69, 9.17) is 74.8 Å². The summed E-state index contributed by atoms with van der Waals surface area (Å²) in [5, 5.41) is 62.6. The third-order valence-electron chi connectivity index (χ3n) is 18.9. The Labute approximate surface area is 808 Å². The van der Waals surface area contributed by atoms with E-state index in [1.165, 1.54) is 26.0 Å².